The number of aromatic nitrogens is 2. The van der Waals surface area contributed by atoms with Gasteiger partial charge in [-0.15, -0.1) is 0 Å². The monoisotopic (exact) mass is 595 g/mol. The number of unbranched alkanes of at least 4 members (excludes halogenated alkanes) is 2. The zero-order valence-corrected chi connectivity index (χ0v) is 25.3. The number of carboxylic acid groups (broad SMARTS) is 1. The Hall–Kier alpha value is -3.73. The molecule has 228 valence electrons. The van der Waals surface area contributed by atoms with Crippen molar-refractivity contribution >= 4 is 33.7 Å². The number of nitrogens with one attached hydrogen (secondary N) is 3. The number of carbonyl (C=O) groups is 4. The summed E-state index contributed by atoms with van der Waals surface area (Å²) in [5, 5.41) is 16.9. The quantitative estimate of drug-likeness (QED) is 0.140. The number of hydrogen-bond acceptors (Lipinski definition) is 9. The minimum absolute atomic E-state index is 0.163. The summed E-state index contributed by atoms with van der Waals surface area (Å²) >= 11 is 0. The second kappa shape index (κ2) is 16.5. The van der Waals surface area contributed by atoms with Gasteiger partial charge in [0.25, 0.3) is 0 Å². The van der Waals surface area contributed by atoms with E-state index >= 15 is 0 Å². The van der Waals surface area contributed by atoms with Gasteiger partial charge in [-0.1, -0.05) is 25.7 Å². The SMILES string of the molecule is CC(C)[C@H](NC(=O)CCCC#Cc1cnc(S(C)(=O)=O)nc1)C(=O)NCCCC[C@H](NC(=O)OC(C)(C)C)C(=O)O. The minimum atomic E-state index is -3.48. The lowest BCUT2D eigenvalue weighted by Crippen LogP contribution is -2.49. The van der Waals surface area contributed by atoms with Crippen molar-refractivity contribution in [2.24, 2.45) is 5.92 Å². The fourth-order valence-electron chi connectivity index (χ4n) is 3.36. The molecule has 1 aromatic heterocycles. The Morgan fingerprint density at radius 2 is 1.68 bits per heavy atom. The van der Waals surface area contributed by atoms with Crippen molar-refractivity contribution in [1.82, 2.24) is 25.9 Å². The van der Waals surface area contributed by atoms with E-state index in [-0.39, 0.29) is 42.3 Å². The summed E-state index contributed by atoms with van der Waals surface area (Å²) in [6, 6.07) is -1.85. The number of nitrogens with zero attached hydrogens (tertiary/aromatic N) is 2. The van der Waals surface area contributed by atoms with Crippen LogP contribution in [0.5, 0.6) is 0 Å². The molecular formula is C27H41N5O8S. The van der Waals surface area contributed by atoms with Crippen molar-refractivity contribution < 1.29 is 37.4 Å². The Balaban J connectivity index is 2.42. The molecule has 0 saturated carbocycles. The minimum Gasteiger partial charge on any atom is -0.480 e. The summed E-state index contributed by atoms with van der Waals surface area (Å²) in [6.45, 7) is 8.94. The largest absolute Gasteiger partial charge is 0.480 e. The van der Waals surface area contributed by atoms with Gasteiger partial charge >= 0.3 is 12.1 Å². The number of rotatable bonds is 14. The van der Waals surface area contributed by atoms with Gasteiger partial charge in [0.1, 0.15) is 17.7 Å². The summed E-state index contributed by atoms with van der Waals surface area (Å²) in [5.74, 6) is 3.72. The molecule has 3 amide bonds. The van der Waals surface area contributed by atoms with E-state index in [4.69, 9.17) is 4.74 Å². The lowest BCUT2D eigenvalue weighted by molar-refractivity contribution is -0.139. The molecule has 0 bridgehead atoms. The number of alkyl carbamates (subject to hydrolysis) is 1. The van der Waals surface area contributed by atoms with Crippen molar-refractivity contribution in [3.63, 3.8) is 0 Å². The Morgan fingerprint density at radius 3 is 2.22 bits per heavy atom. The number of amides is 3. The fraction of sp³-hybridized carbons (Fsp3) is 0.630. The van der Waals surface area contributed by atoms with Gasteiger partial charge in [-0.2, -0.15) is 0 Å². The van der Waals surface area contributed by atoms with Crippen LogP contribution in [-0.2, 0) is 29.0 Å². The van der Waals surface area contributed by atoms with E-state index in [1.165, 1.54) is 12.4 Å². The molecule has 0 aliphatic rings. The highest BCUT2D eigenvalue weighted by Crippen LogP contribution is 2.09. The zero-order chi connectivity index (χ0) is 31.2. The average molecular weight is 596 g/mol. The van der Waals surface area contributed by atoms with E-state index in [9.17, 15) is 32.7 Å². The van der Waals surface area contributed by atoms with Crippen molar-refractivity contribution in [1.29, 1.82) is 0 Å². The van der Waals surface area contributed by atoms with Gasteiger partial charge in [-0.25, -0.2) is 28.0 Å². The molecule has 0 fully saturated rings. The van der Waals surface area contributed by atoms with Crippen LogP contribution >= 0.6 is 0 Å². The molecule has 1 aromatic rings. The fourth-order valence-corrected chi connectivity index (χ4v) is 3.85. The first kappa shape index (κ1) is 35.3. The molecule has 14 heteroatoms. The van der Waals surface area contributed by atoms with Crippen LogP contribution in [0, 0.1) is 17.8 Å². The van der Waals surface area contributed by atoms with Gasteiger partial charge in [0.05, 0.1) is 5.56 Å². The third-order valence-corrected chi connectivity index (χ3v) is 6.25. The molecule has 0 aliphatic carbocycles. The van der Waals surface area contributed by atoms with Crippen LogP contribution in [0.1, 0.15) is 78.7 Å². The first-order valence-electron chi connectivity index (χ1n) is 13.3. The predicted octanol–water partition coefficient (Wildman–Crippen LogP) is 1.81. The highest BCUT2D eigenvalue weighted by atomic mass is 32.2. The Kier molecular flexibility index (Phi) is 14.2. The van der Waals surface area contributed by atoms with Gasteiger partial charge in [0, 0.05) is 38.0 Å². The van der Waals surface area contributed by atoms with E-state index in [2.05, 4.69) is 37.8 Å². The number of sulfone groups is 1. The van der Waals surface area contributed by atoms with Crippen molar-refractivity contribution in [3.8, 4) is 11.8 Å². The van der Waals surface area contributed by atoms with Crippen LogP contribution in [0.4, 0.5) is 4.79 Å². The summed E-state index contributed by atoms with van der Waals surface area (Å²) in [4.78, 5) is 55.9. The number of ether oxygens (including phenoxy) is 1. The van der Waals surface area contributed by atoms with E-state index in [1.807, 2.05) is 13.8 Å². The number of carbonyl (C=O) groups excluding carboxylic acids is 3. The normalized spacial score (nSPS) is 12.9. The van der Waals surface area contributed by atoms with Crippen LogP contribution in [0.2, 0.25) is 0 Å². The molecule has 2 atom stereocenters. The predicted molar refractivity (Wildman–Crippen MR) is 150 cm³/mol. The topological polar surface area (TPSA) is 194 Å². The van der Waals surface area contributed by atoms with Crippen molar-refractivity contribution in [3.05, 3.63) is 18.0 Å². The first-order chi connectivity index (χ1) is 19.0. The second-order valence-electron chi connectivity index (χ2n) is 10.8. The lowest BCUT2D eigenvalue weighted by Gasteiger charge is -2.22. The second-order valence-corrected chi connectivity index (χ2v) is 12.7. The van der Waals surface area contributed by atoms with Crippen molar-refractivity contribution in [2.45, 2.75) is 96.0 Å². The summed E-state index contributed by atoms with van der Waals surface area (Å²) < 4.78 is 27.9. The molecule has 0 aliphatic heterocycles. The number of aliphatic carboxylic acids is 1. The van der Waals surface area contributed by atoms with Crippen LogP contribution in [0.15, 0.2) is 17.6 Å². The summed E-state index contributed by atoms with van der Waals surface area (Å²) in [5.41, 5.74) is -0.294. The maximum atomic E-state index is 12.7. The summed E-state index contributed by atoms with van der Waals surface area (Å²) in [6.07, 6.45) is 4.94. The standard InChI is InChI=1S/C27H41N5O8S/c1-18(2)22(23(34)28-15-11-10-13-20(24(35)36)31-26(37)40-27(3,4)5)32-21(33)14-9-7-8-12-19-16-29-25(30-17-19)41(6,38)39/h16-18,20,22H,7,9-11,13-15H2,1-6H3,(H,28,34)(H,31,37)(H,32,33)(H,35,36)/t20-,22-/m0/s1. The molecule has 0 saturated heterocycles. The highest BCUT2D eigenvalue weighted by Gasteiger charge is 2.25. The van der Waals surface area contributed by atoms with Gasteiger partial charge in [0.15, 0.2) is 0 Å². The Morgan fingerprint density at radius 1 is 1.05 bits per heavy atom. The van der Waals surface area contributed by atoms with E-state index < -0.39 is 39.6 Å². The molecule has 13 nitrogen and oxygen atoms in total. The average Bonchev–Trinajstić information content (AvgIpc) is 2.84. The molecule has 0 radical (unpaired) electrons. The number of hydrogen-bond donors (Lipinski definition) is 4. The van der Waals surface area contributed by atoms with Crippen molar-refractivity contribution in [2.75, 3.05) is 12.8 Å². The maximum absolute atomic E-state index is 12.7. The maximum Gasteiger partial charge on any atom is 0.408 e. The molecule has 0 spiro atoms. The van der Waals surface area contributed by atoms with Crippen LogP contribution in [0.3, 0.4) is 0 Å². The molecule has 1 rings (SSSR count). The molecule has 1 heterocycles. The highest BCUT2D eigenvalue weighted by molar-refractivity contribution is 7.90. The summed E-state index contributed by atoms with van der Waals surface area (Å²) in [7, 11) is -3.48. The van der Waals surface area contributed by atoms with Gasteiger partial charge in [0.2, 0.25) is 26.8 Å². The smallest absolute Gasteiger partial charge is 0.408 e. The molecule has 0 aromatic carbocycles. The van der Waals surface area contributed by atoms with E-state index in [0.29, 0.717) is 31.2 Å². The Bertz CT molecular complexity index is 1210. The molecule has 0 unspecified atom stereocenters. The molecule has 41 heavy (non-hydrogen) atoms. The van der Waals surface area contributed by atoms with E-state index in [0.717, 1.165) is 6.26 Å². The molecular weight excluding hydrogens is 554 g/mol. The number of carboxylic acids is 1. The lowest BCUT2D eigenvalue weighted by atomic mass is 10.0. The zero-order valence-electron chi connectivity index (χ0n) is 24.4. The van der Waals surface area contributed by atoms with Crippen LogP contribution in [0.25, 0.3) is 0 Å². The van der Waals surface area contributed by atoms with Gasteiger partial charge in [-0.3, -0.25) is 9.59 Å². The molecule has 4 N–H and O–H groups in total. The third-order valence-electron chi connectivity index (χ3n) is 5.37. The Labute approximate surface area is 241 Å². The van der Waals surface area contributed by atoms with Gasteiger partial charge < -0.3 is 25.8 Å². The van der Waals surface area contributed by atoms with Crippen LogP contribution < -0.4 is 16.0 Å². The van der Waals surface area contributed by atoms with Gasteiger partial charge in [-0.05, 0) is 52.4 Å². The first-order valence-corrected chi connectivity index (χ1v) is 15.2. The third kappa shape index (κ3) is 15.0. The van der Waals surface area contributed by atoms with E-state index in [1.54, 1.807) is 20.8 Å². The van der Waals surface area contributed by atoms with Crippen LogP contribution in [-0.4, -0.2) is 77.9 Å².